The van der Waals surface area contributed by atoms with E-state index in [1.807, 2.05) is 20.8 Å². The Bertz CT molecular complexity index is 1060. The van der Waals surface area contributed by atoms with Gasteiger partial charge in [0.2, 0.25) is 5.91 Å². The Balaban J connectivity index is 1.76. The largest absolute Gasteiger partial charge is 0.354 e. The van der Waals surface area contributed by atoms with Crippen molar-refractivity contribution in [1.82, 2.24) is 10.2 Å². The number of sulfonamides is 1. The number of nitrogens with one attached hydrogen (secondary N) is 2. The van der Waals surface area contributed by atoms with Gasteiger partial charge in [0.25, 0.3) is 15.9 Å². The van der Waals surface area contributed by atoms with Crippen molar-refractivity contribution in [2.24, 2.45) is 0 Å². The highest BCUT2D eigenvalue weighted by atomic mass is 32.2. The molecular weight excluding hydrogens is 426 g/mol. The van der Waals surface area contributed by atoms with Crippen LogP contribution in [0.4, 0.5) is 5.69 Å². The zero-order valence-electron chi connectivity index (χ0n) is 18.8. The van der Waals surface area contributed by atoms with Gasteiger partial charge in [-0.25, -0.2) is 8.42 Å². The zero-order valence-corrected chi connectivity index (χ0v) is 19.6. The van der Waals surface area contributed by atoms with Gasteiger partial charge in [-0.2, -0.15) is 0 Å². The monoisotopic (exact) mass is 457 g/mol. The number of amides is 2. The molecule has 0 saturated carbocycles. The van der Waals surface area contributed by atoms with Crippen molar-refractivity contribution in [3.63, 3.8) is 0 Å². The van der Waals surface area contributed by atoms with E-state index in [1.165, 1.54) is 6.07 Å². The van der Waals surface area contributed by atoms with Crippen molar-refractivity contribution in [3.05, 3.63) is 59.7 Å². The predicted octanol–water partition coefficient (Wildman–Crippen LogP) is 3.74. The lowest BCUT2D eigenvalue weighted by atomic mass is 10.0. The Labute approximate surface area is 190 Å². The third kappa shape index (κ3) is 5.48. The number of likely N-dealkylation sites (tertiary alicyclic amines) is 1. The minimum absolute atomic E-state index is 0.139. The van der Waals surface area contributed by atoms with Crippen LogP contribution in [0.3, 0.4) is 0 Å². The fourth-order valence-electron chi connectivity index (χ4n) is 3.78. The van der Waals surface area contributed by atoms with Gasteiger partial charge in [0.05, 0.1) is 4.90 Å². The number of hydrogen-bond acceptors (Lipinski definition) is 4. The zero-order chi connectivity index (χ0) is 23.3. The minimum Gasteiger partial charge on any atom is -0.354 e. The van der Waals surface area contributed by atoms with E-state index in [-0.39, 0.29) is 16.7 Å². The van der Waals surface area contributed by atoms with Gasteiger partial charge in [0.15, 0.2) is 0 Å². The van der Waals surface area contributed by atoms with Crippen LogP contribution >= 0.6 is 0 Å². The molecule has 2 aromatic carbocycles. The van der Waals surface area contributed by atoms with Crippen LogP contribution in [0.1, 0.15) is 61.9 Å². The molecule has 7 nitrogen and oxygen atoms in total. The van der Waals surface area contributed by atoms with Gasteiger partial charge in [-0.3, -0.25) is 14.3 Å². The number of anilines is 1. The number of hydrogen-bond donors (Lipinski definition) is 2. The molecule has 0 radical (unpaired) electrons. The van der Waals surface area contributed by atoms with Crippen LogP contribution in [0.5, 0.6) is 0 Å². The van der Waals surface area contributed by atoms with Gasteiger partial charge < -0.3 is 10.2 Å². The van der Waals surface area contributed by atoms with Crippen LogP contribution in [0, 0.1) is 0 Å². The van der Waals surface area contributed by atoms with Crippen molar-refractivity contribution in [2.45, 2.75) is 56.9 Å². The Hall–Kier alpha value is -2.87. The first-order valence-corrected chi connectivity index (χ1v) is 12.5. The summed E-state index contributed by atoms with van der Waals surface area (Å²) in [7, 11) is -3.79. The highest BCUT2D eigenvalue weighted by Crippen LogP contribution is 2.24. The number of nitrogens with zero attached hydrogens (tertiary/aromatic N) is 1. The van der Waals surface area contributed by atoms with Gasteiger partial charge in [0, 0.05) is 24.3 Å². The first-order chi connectivity index (χ1) is 15.2. The van der Waals surface area contributed by atoms with E-state index in [0.29, 0.717) is 36.7 Å². The Morgan fingerprint density at radius 2 is 1.84 bits per heavy atom. The highest BCUT2D eigenvalue weighted by molar-refractivity contribution is 7.92. The highest BCUT2D eigenvalue weighted by Gasteiger charge is 2.34. The van der Waals surface area contributed by atoms with Crippen molar-refractivity contribution >= 4 is 27.5 Å². The maximum absolute atomic E-state index is 13.1. The summed E-state index contributed by atoms with van der Waals surface area (Å²) in [6.07, 6.45) is 2.21. The molecule has 2 amide bonds. The maximum atomic E-state index is 13.1. The molecule has 1 heterocycles. The molecule has 2 aromatic rings. The molecule has 0 aromatic heterocycles. The summed E-state index contributed by atoms with van der Waals surface area (Å²) in [5.74, 6) is -0.109. The topological polar surface area (TPSA) is 95.6 Å². The lowest BCUT2D eigenvalue weighted by Gasteiger charge is -2.24. The molecular formula is C24H31N3O4S. The second-order valence-electron chi connectivity index (χ2n) is 8.36. The minimum atomic E-state index is -3.79. The molecule has 0 aliphatic carbocycles. The summed E-state index contributed by atoms with van der Waals surface area (Å²) in [6, 6.07) is 12.7. The Kier molecular flexibility index (Phi) is 7.56. The van der Waals surface area contributed by atoms with Crippen LogP contribution in [-0.4, -0.2) is 44.3 Å². The molecule has 3 rings (SSSR count). The van der Waals surface area contributed by atoms with Gasteiger partial charge in [0.1, 0.15) is 6.04 Å². The Morgan fingerprint density at radius 3 is 2.50 bits per heavy atom. The number of carbonyl (C=O) groups is 2. The van der Waals surface area contributed by atoms with Gasteiger partial charge in [-0.05, 0) is 61.1 Å². The summed E-state index contributed by atoms with van der Waals surface area (Å²) in [6.45, 7) is 7.14. The molecule has 1 fully saturated rings. The van der Waals surface area contributed by atoms with Crippen molar-refractivity contribution in [2.75, 3.05) is 17.8 Å². The summed E-state index contributed by atoms with van der Waals surface area (Å²) >= 11 is 0. The molecule has 32 heavy (non-hydrogen) atoms. The van der Waals surface area contributed by atoms with E-state index in [9.17, 15) is 18.0 Å². The second kappa shape index (κ2) is 10.2. The second-order valence-corrected chi connectivity index (χ2v) is 10.0. The molecule has 0 spiro atoms. The SMILES string of the molecule is CCCNC(=O)[C@@H]1CCCN1C(=O)c1cccc(NS(=O)(=O)c2ccc(C(C)C)cc2)c1. The molecule has 1 aliphatic heterocycles. The first-order valence-electron chi connectivity index (χ1n) is 11.0. The number of carbonyl (C=O) groups excluding carboxylic acids is 2. The van der Waals surface area contributed by atoms with Crippen LogP contribution in [0.25, 0.3) is 0 Å². The first kappa shape index (κ1) is 23.8. The molecule has 8 heteroatoms. The summed E-state index contributed by atoms with van der Waals surface area (Å²) < 4.78 is 28.2. The fraction of sp³-hybridized carbons (Fsp3) is 0.417. The van der Waals surface area contributed by atoms with Crippen LogP contribution in [0.15, 0.2) is 53.4 Å². The van der Waals surface area contributed by atoms with Gasteiger partial charge in [-0.1, -0.05) is 39.0 Å². The lowest BCUT2D eigenvalue weighted by Crippen LogP contribution is -2.46. The maximum Gasteiger partial charge on any atom is 0.261 e. The van der Waals surface area contributed by atoms with Crippen LogP contribution in [-0.2, 0) is 14.8 Å². The van der Waals surface area contributed by atoms with Crippen LogP contribution in [0.2, 0.25) is 0 Å². The summed E-state index contributed by atoms with van der Waals surface area (Å²) in [5, 5.41) is 2.86. The number of benzene rings is 2. The van der Waals surface area contributed by atoms with Crippen molar-refractivity contribution in [1.29, 1.82) is 0 Å². The van der Waals surface area contributed by atoms with E-state index >= 15 is 0 Å². The molecule has 0 unspecified atom stereocenters. The molecule has 1 aliphatic rings. The van der Waals surface area contributed by atoms with E-state index in [1.54, 1.807) is 47.4 Å². The quantitative estimate of drug-likeness (QED) is 0.631. The van der Waals surface area contributed by atoms with E-state index < -0.39 is 16.1 Å². The molecule has 1 saturated heterocycles. The summed E-state index contributed by atoms with van der Waals surface area (Å²) in [4.78, 5) is 27.3. The number of rotatable bonds is 8. The van der Waals surface area contributed by atoms with Gasteiger partial charge >= 0.3 is 0 Å². The standard InChI is InChI=1S/C24H31N3O4S/c1-4-14-25-23(28)22-9-6-15-27(22)24(29)19-7-5-8-20(16-19)26-32(30,31)21-12-10-18(11-13-21)17(2)3/h5,7-8,10-13,16-17,22,26H,4,6,9,14-15H2,1-3H3,(H,25,28)/t22-/m0/s1. The fourth-order valence-corrected chi connectivity index (χ4v) is 4.83. The Morgan fingerprint density at radius 1 is 1.12 bits per heavy atom. The van der Waals surface area contributed by atoms with Crippen molar-refractivity contribution in [3.8, 4) is 0 Å². The van der Waals surface area contributed by atoms with E-state index in [4.69, 9.17) is 0 Å². The lowest BCUT2D eigenvalue weighted by molar-refractivity contribution is -0.124. The van der Waals surface area contributed by atoms with E-state index in [0.717, 1.165) is 18.4 Å². The van der Waals surface area contributed by atoms with E-state index in [2.05, 4.69) is 10.0 Å². The predicted molar refractivity (Wildman–Crippen MR) is 125 cm³/mol. The van der Waals surface area contributed by atoms with Crippen LogP contribution < -0.4 is 10.0 Å². The third-order valence-corrected chi connectivity index (χ3v) is 6.98. The molecule has 0 bridgehead atoms. The normalized spacial score (nSPS) is 16.2. The van der Waals surface area contributed by atoms with Crippen molar-refractivity contribution < 1.29 is 18.0 Å². The summed E-state index contributed by atoms with van der Waals surface area (Å²) in [5.41, 5.74) is 1.70. The third-order valence-electron chi connectivity index (χ3n) is 5.58. The van der Waals surface area contributed by atoms with Gasteiger partial charge in [-0.15, -0.1) is 0 Å². The average Bonchev–Trinajstić information content (AvgIpc) is 3.27. The molecule has 172 valence electrons. The molecule has 2 N–H and O–H groups in total. The average molecular weight is 458 g/mol. The molecule has 1 atom stereocenters. The smallest absolute Gasteiger partial charge is 0.261 e.